The third kappa shape index (κ3) is 7.47. The van der Waals surface area contributed by atoms with Crippen molar-refractivity contribution in [2.75, 3.05) is 20.1 Å². The van der Waals surface area contributed by atoms with Gasteiger partial charge < -0.3 is 15.4 Å². The van der Waals surface area contributed by atoms with Crippen molar-refractivity contribution in [1.29, 1.82) is 0 Å². The third-order valence-corrected chi connectivity index (χ3v) is 6.34. The number of carbonyl (C=O) groups excluding carboxylic acids is 2. The van der Waals surface area contributed by atoms with E-state index in [4.69, 9.17) is 5.73 Å². The van der Waals surface area contributed by atoms with Crippen LogP contribution in [-0.4, -0.2) is 37.2 Å². The maximum atomic E-state index is 11.1. The number of likely N-dealkylation sites (tertiary alicyclic amines) is 1. The van der Waals surface area contributed by atoms with E-state index in [1.165, 1.54) is 58.0 Å². The quantitative estimate of drug-likeness (QED) is 0.759. The van der Waals surface area contributed by atoms with E-state index in [1.54, 1.807) is 0 Å². The summed E-state index contributed by atoms with van der Waals surface area (Å²) in [5.41, 5.74) is 5.91. The minimum Gasteiger partial charge on any atom is -0.369 e. The van der Waals surface area contributed by atoms with Crippen molar-refractivity contribution in [2.24, 2.45) is 23.0 Å². The highest BCUT2D eigenvalue weighted by atomic mass is 16.1. The van der Waals surface area contributed by atoms with Gasteiger partial charge in [0.25, 0.3) is 0 Å². The number of hydrogen-bond donors (Lipinski definition) is 1. The van der Waals surface area contributed by atoms with Crippen LogP contribution in [0, 0.1) is 17.3 Å². The van der Waals surface area contributed by atoms with E-state index in [-0.39, 0.29) is 11.8 Å². The summed E-state index contributed by atoms with van der Waals surface area (Å²) in [6.07, 6.45) is 14.4. The van der Waals surface area contributed by atoms with Gasteiger partial charge in [-0.05, 0) is 76.9 Å². The summed E-state index contributed by atoms with van der Waals surface area (Å²) in [6, 6.07) is 0. The number of aldehydes is 1. The summed E-state index contributed by atoms with van der Waals surface area (Å²) < 4.78 is 0. The standard InChI is InChI=1S/C12H22N2O.C7H12O.C2H6/c1-14-8-6-12(7-9-14)4-2-10(3-5-12)11(13)15;8-6-7-4-2-1-3-5-7;1-2/h10H,2-9H2,1H3,(H2,13,15);6-7H,1-5H2;1-2H3. The number of nitrogens with zero attached hydrogens (tertiary/aromatic N) is 1. The van der Waals surface area contributed by atoms with Crippen LogP contribution in [0.3, 0.4) is 0 Å². The fourth-order valence-corrected chi connectivity index (χ4v) is 4.38. The molecule has 0 aromatic heterocycles. The normalized spacial score (nSPS) is 24.4. The molecule has 0 radical (unpaired) electrons. The number of rotatable bonds is 2. The van der Waals surface area contributed by atoms with E-state index in [1.807, 2.05) is 13.8 Å². The van der Waals surface area contributed by atoms with Gasteiger partial charge >= 0.3 is 0 Å². The molecule has 0 atom stereocenters. The zero-order valence-electron chi connectivity index (χ0n) is 16.8. The van der Waals surface area contributed by atoms with Crippen LogP contribution in [0.1, 0.15) is 84.5 Å². The van der Waals surface area contributed by atoms with Gasteiger partial charge in [-0.1, -0.05) is 33.1 Å². The highest BCUT2D eigenvalue weighted by molar-refractivity contribution is 5.76. The molecule has 3 aliphatic rings. The molecule has 4 heteroatoms. The average molecular weight is 353 g/mol. The molecule has 0 unspecified atom stereocenters. The number of amides is 1. The molecule has 0 aromatic carbocycles. The maximum absolute atomic E-state index is 11.1. The zero-order chi connectivity index (χ0) is 18.7. The van der Waals surface area contributed by atoms with Crippen LogP contribution < -0.4 is 5.73 Å². The van der Waals surface area contributed by atoms with Gasteiger partial charge in [-0.3, -0.25) is 4.79 Å². The summed E-state index contributed by atoms with van der Waals surface area (Å²) in [7, 11) is 2.20. The smallest absolute Gasteiger partial charge is 0.220 e. The summed E-state index contributed by atoms with van der Waals surface area (Å²) in [5, 5.41) is 0. The Bertz CT molecular complexity index is 373. The summed E-state index contributed by atoms with van der Waals surface area (Å²) in [6.45, 7) is 6.45. The molecule has 2 aliphatic carbocycles. The van der Waals surface area contributed by atoms with Crippen LogP contribution in [0.4, 0.5) is 0 Å². The SMILES string of the molecule is CC.CN1CCC2(CCC(C(N)=O)CC2)CC1.O=CC1CCCCC1. The van der Waals surface area contributed by atoms with Crippen molar-refractivity contribution in [3.05, 3.63) is 0 Å². The van der Waals surface area contributed by atoms with Gasteiger partial charge in [-0.15, -0.1) is 0 Å². The van der Waals surface area contributed by atoms with E-state index >= 15 is 0 Å². The second kappa shape index (κ2) is 11.7. The molecule has 3 rings (SSSR count). The Morgan fingerprint density at radius 2 is 1.48 bits per heavy atom. The van der Waals surface area contributed by atoms with E-state index in [0.29, 0.717) is 11.3 Å². The molecule has 2 saturated carbocycles. The van der Waals surface area contributed by atoms with Crippen LogP contribution in [-0.2, 0) is 9.59 Å². The molecule has 4 nitrogen and oxygen atoms in total. The predicted octanol–water partition coefficient (Wildman–Crippen LogP) is 4.17. The van der Waals surface area contributed by atoms with E-state index in [2.05, 4.69) is 11.9 Å². The minimum absolute atomic E-state index is 0.0854. The lowest BCUT2D eigenvalue weighted by molar-refractivity contribution is -0.123. The highest BCUT2D eigenvalue weighted by Crippen LogP contribution is 2.45. The van der Waals surface area contributed by atoms with Crippen molar-refractivity contribution < 1.29 is 9.59 Å². The maximum Gasteiger partial charge on any atom is 0.220 e. The van der Waals surface area contributed by atoms with Crippen molar-refractivity contribution >= 4 is 12.2 Å². The molecule has 0 bridgehead atoms. The summed E-state index contributed by atoms with van der Waals surface area (Å²) in [5.74, 6) is 0.483. The molecule has 3 fully saturated rings. The van der Waals surface area contributed by atoms with Crippen molar-refractivity contribution in [3.8, 4) is 0 Å². The Morgan fingerprint density at radius 1 is 0.960 bits per heavy atom. The fraction of sp³-hybridized carbons (Fsp3) is 0.905. The van der Waals surface area contributed by atoms with Crippen LogP contribution in [0.15, 0.2) is 0 Å². The fourth-order valence-electron chi connectivity index (χ4n) is 4.38. The van der Waals surface area contributed by atoms with Gasteiger partial charge in [-0.2, -0.15) is 0 Å². The Morgan fingerprint density at radius 3 is 1.88 bits per heavy atom. The predicted molar refractivity (Wildman–Crippen MR) is 104 cm³/mol. The molecule has 2 N–H and O–H groups in total. The molecule has 1 saturated heterocycles. The van der Waals surface area contributed by atoms with Gasteiger partial charge in [0, 0.05) is 11.8 Å². The molecule has 1 heterocycles. The van der Waals surface area contributed by atoms with Crippen molar-refractivity contribution in [1.82, 2.24) is 4.90 Å². The van der Waals surface area contributed by atoms with Crippen molar-refractivity contribution in [3.63, 3.8) is 0 Å². The Kier molecular flexibility index (Phi) is 10.3. The Labute approximate surface area is 154 Å². The molecular weight excluding hydrogens is 312 g/mol. The topological polar surface area (TPSA) is 63.4 Å². The number of carbonyl (C=O) groups is 2. The molecule has 146 valence electrons. The van der Waals surface area contributed by atoms with Crippen LogP contribution >= 0.6 is 0 Å². The molecule has 1 amide bonds. The molecule has 1 spiro atoms. The molecule has 1 aliphatic heterocycles. The van der Waals surface area contributed by atoms with Gasteiger partial charge in [0.05, 0.1) is 0 Å². The zero-order valence-corrected chi connectivity index (χ0v) is 16.8. The third-order valence-electron chi connectivity index (χ3n) is 6.34. The van der Waals surface area contributed by atoms with Crippen LogP contribution in [0.25, 0.3) is 0 Å². The van der Waals surface area contributed by atoms with E-state index in [9.17, 15) is 9.59 Å². The Balaban J connectivity index is 0.000000264. The first-order valence-electron chi connectivity index (χ1n) is 10.5. The highest BCUT2D eigenvalue weighted by Gasteiger charge is 2.38. The summed E-state index contributed by atoms with van der Waals surface area (Å²) in [4.78, 5) is 23.7. The van der Waals surface area contributed by atoms with Crippen molar-refractivity contribution in [2.45, 2.75) is 84.5 Å². The number of hydrogen-bond acceptors (Lipinski definition) is 3. The van der Waals surface area contributed by atoms with E-state index in [0.717, 1.165) is 32.0 Å². The van der Waals surface area contributed by atoms with Gasteiger partial charge in [0.15, 0.2) is 0 Å². The largest absolute Gasteiger partial charge is 0.369 e. The second-order valence-electron chi connectivity index (χ2n) is 8.01. The average Bonchev–Trinajstić information content (AvgIpc) is 2.67. The van der Waals surface area contributed by atoms with Gasteiger partial charge in [0.1, 0.15) is 6.29 Å². The molecule has 0 aromatic rings. The Hall–Kier alpha value is -0.900. The lowest BCUT2D eigenvalue weighted by atomic mass is 9.65. The first-order chi connectivity index (χ1) is 12.0. The number of primary amides is 1. The number of nitrogens with two attached hydrogens (primary N) is 1. The first-order valence-corrected chi connectivity index (χ1v) is 10.5. The van der Waals surface area contributed by atoms with Gasteiger partial charge in [0.2, 0.25) is 5.91 Å². The minimum atomic E-state index is -0.0854. The number of piperidine rings is 1. The van der Waals surface area contributed by atoms with Crippen LogP contribution in [0.2, 0.25) is 0 Å². The molecular formula is C21H40N2O2. The van der Waals surface area contributed by atoms with E-state index < -0.39 is 0 Å². The second-order valence-corrected chi connectivity index (χ2v) is 8.01. The lowest BCUT2D eigenvalue weighted by Crippen LogP contribution is -2.41. The lowest BCUT2D eigenvalue weighted by Gasteiger charge is -2.44. The van der Waals surface area contributed by atoms with Gasteiger partial charge in [-0.25, -0.2) is 0 Å². The monoisotopic (exact) mass is 352 g/mol. The first kappa shape index (κ1) is 22.1. The van der Waals surface area contributed by atoms with Crippen LogP contribution in [0.5, 0.6) is 0 Å². The molecule has 25 heavy (non-hydrogen) atoms. The summed E-state index contributed by atoms with van der Waals surface area (Å²) >= 11 is 0.